The number of alkyl halides is 5. The second-order valence-electron chi connectivity index (χ2n) is 9.70. The molecule has 0 aliphatic rings. The lowest BCUT2D eigenvalue weighted by atomic mass is 9.99. The van der Waals surface area contributed by atoms with Crippen molar-refractivity contribution in [1.82, 2.24) is 9.55 Å². The molecule has 0 N–H and O–H groups in total. The summed E-state index contributed by atoms with van der Waals surface area (Å²) in [5.74, 6) is -4.93. The van der Waals surface area contributed by atoms with E-state index in [0.29, 0.717) is 29.7 Å². The molecule has 0 spiro atoms. The summed E-state index contributed by atoms with van der Waals surface area (Å²) < 4.78 is 67.1. The third-order valence-corrected chi connectivity index (χ3v) is 7.22. The van der Waals surface area contributed by atoms with Crippen molar-refractivity contribution in [2.75, 3.05) is 6.54 Å². The Kier molecular flexibility index (Phi) is 7.27. The van der Waals surface area contributed by atoms with Gasteiger partial charge >= 0.3 is 12.1 Å². The summed E-state index contributed by atoms with van der Waals surface area (Å²) in [5.41, 5.74) is 5.27. The molecule has 3 nitrogen and oxygen atoms in total. The predicted molar refractivity (Wildman–Crippen MR) is 153 cm³/mol. The number of aromatic nitrogens is 2. The first kappa shape index (κ1) is 27.6. The highest BCUT2D eigenvalue weighted by Crippen LogP contribution is 2.44. The maximum absolute atomic E-state index is 13.7. The second-order valence-corrected chi connectivity index (χ2v) is 10.3. The summed E-state index contributed by atoms with van der Waals surface area (Å²) in [6, 6.07) is 19.8. The molecule has 40 heavy (non-hydrogen) atoms. The van der Waals surface area contributed by atoms with E-state index in [0.717, 1.165) is 33.3 Å². The monoisotopic (exact) mass is 565 g/mol. The first-order valence-electron chi connectivity index (χ1n) is 12.5. The molecule has 0 aliphatic carbocycles. The molecule has 5 rings (SSSR count). The number of benzene rings is 4. The van der Waals surface area contributed by atoms with E-state index >= 15 is 0 Å². The van der Waals surface area contributed by atoms with Crippen LogP contribution in [0, 0.1) is 13.8 Å². The summed E-state index contributed by atoms with van der Waals surface area (Å²) in [6.45, 7) is 4.61. The lowest BCUT2D eigenvalue weighted by Gasteiger charge is -2.20. The average molecular weight is 566 g/mol. The Bertz CT molecular complexity index is 1730. The Labute approximate surface area is 233 Å². The van der Waals surface area contributed by atoms with Crippen LogP contribution in [0.25, 0.3) is 27.5 Å². The zero-order valence-corrected chi connectivity index (χ0v) is 22.5. The third kappa shape index (κ3) is 5.25. The van der Waals surface area contributed by atoms with Gasteiger partial charge in [0.25, 0.3) is 0 Å². The van der Waals surface area contributed by atoms with Crippen LogP contribution in [-0.2, 0) is 12.3 Å². The van der Waals surface area contributed by atoms with Crippen LogP contribution in [0.4, 0.5) is 22.0 Å². The van der Waals surface area contributed by atoms with Gasteiger partial charge in [-0.3, -0.25) is 9.56 Å². The second kappa shape index (κ2) is 10.5. The van der Waals surface area contributed by atoms with Crippen molar-refractivity contribution >= 4 is 45.1 Å². The fraction of sp³-hybridized carbons (Fsp3) is 0.194. The summed E-state index contributed by atoms with van der Waals surface area (Å²) in [7, 11) is 0. The minimum atomic E-state index is -5.66. The lowest BCUT2D eigenvalue weighted by Crippen LogP contribution is -2.33. The number of hydrogen-bond acceptors (Lipinski definition) is 3. The Balaban J connectivity index is 1.34. The molecule has 204 valence electrons. The van der Waals surface area contributed by atoms with Gasteiger partial charge in [0.15, 0.2) is 0 Å². The standard InChI is InChI=1S/C31H24F5N3S/c1-19-4-3-5-20(2)27(19)15-25(40)17-37-16-21-6-12-26-22(14-21)7-13-28-29(26)38-18-39(28)24-10-8-23(9-11-24)30(32,33)31(34,35)36/h3-14,16,18H,15,17H2,1-2H3. The molecule has 0 fully saturated rings. The molecule has 0 atom stereocenters. The third-order valence-electron chi connectivity index (χ3n) is 6.95. The minimum Gasteiger partial charge on any atom is -0.299 e. The number of imidazole rings is 1. The average Bonchev–Trinajstić information content (AvgIpc) is 3.35. The van der Waals surface area contributed by atoms with Crippen LogP contribution in [-0.4, -0.2) is 33.4 Å². The molecule has 0 aliphatic heterocycles. The quantitative estimate of drug-likeness (QED) is 0.113. The number of aryl methyl sites for hydroxylation is 2. The van der Waals surface area contributed by atoms with Crippen LogP contribution in [0.5, 0.6) is 0 Å². The zero-order valence-electron chi connectivity index (χ0n) is 21.6. The van der Waals surface area contributed by atoms with Crippen molar-refractivity contribution in [2.24, 2.45) is 4.99 Å². The molecule has 0 saturated heterocycles. The molecule has 9 heteroatoms. The molecule has 1 aromatic heterocycles. The number of fused-ring (bicyclic) bond motifs is 3. The predicted octanol–water partition coefficient (Wildman–Crippen LogP) is 8.48. The van der Waals surface area contributed by atoms with Crippen LogP contribution in [0.1, 0.15) is 27.8 Å². The molecule has 4 aromatic carbocycles. The number of halogens is 5. The summed E-state index contributed by atoms with van der Waals surface area (Å²) >= 11 is 5.57. The molecule has 0 bridgehead atoms. The fourth-order valence-electron chi connectivity index (χ4n) is 4.74. The minimum absolute atomic E-state index is 0.421. The molecule has 1 heterocycles. The smallest absolute Gasteiger partial charge is 0.299 e. The zero-order chi connectivity index (χ0) is 28.7. The van der Waals surface area contributed by atoms with Gasteiger partial charge in [0, 0.05) is 34.1 Å². The number of rotatable bonds is 7. The van der Waals surface area contributed by atoms with E-state index in [9.17, 15) is 22.0 Å². The summed E-state index contributed by atoms with van der Waals surface area (Å²) in [4.78, 5) is 9.88. The van der Waals surface area contributed by atoms with Gasteiger partial charge in [-0.2, -0.15) is 22.0 Å². The van der Waals surface area contributed by atoms with Crippen molar-refractivity contribution in [2.45, 2.75) is 32.4 Å². The topological polar surface area (TPSA) is 30.2 Å². The van der Waals surface area contributed by atoms with E-state index < -0.39 is 17.7 Å². The Morgan fingerprint density at radius 2 is 1.62 bits per heavy atom. The van der Waals surface area contributed by atoms with Crippen molar-refractivity contribution in [3.05, 3.63) is 107 Å². The van der Waals surface area contributed by atoms with Crippen LogP contribution in [0.2, 0.25) is 0 Å². The highest BCUT2D eigenvalue weighted by Gasteiger charge is 2.58. The molecule has 0 amide bonds. The van der Waals surface area contributed by atoms with Crippen molar-refractivity contribution in [1.29, 1.82) is 0 Å². The van der Waals surface area contributed by atoms with Crippen molar-refractivity contribution in [3.8, 4) is 5.69 Å². The number of hydrogen-bond donors (Lipinski definition) is 0. The van der Waals surface area contributed by atoms with E-state index in [2.05, 4.69) is 36.0 Å². The molecular formula is C31H24F5N3S. The highest BCUT2D eigenvalue weighted by atomic mass is 32.1. The van der Waals surface area contributed by atoms with E-state index in [4.69, 9.17) is 12.2 Å². The lowest BCUT2D eigenvalue weighted by molar-refractivity contribution is -0.289. The first-order valence-corrected chi connectivity index (χ1v) is 12.9. The summed E-state index contributed by atoms with van der Waals surface area (Å²) in [6.07, 6.45) is -1.65. The van der Waals surface area contributed by atoms with Crippen molar-refractivity contribution < 1.29 is 22.0 Å². The summed E-state index contributed by atoms with van der Waals surface area (Å²) in [5, 5.41) is 1.80. The fourth-order valence-corrected chi connectivity index (χ4v) is 4.96. The number of aliphatic imine (C=N–C) groups is 1. The largest absolute Gasteiger partial charge is 0.458 e. The van der Waals surface area contributed by atoms with Gasteiger partial charge in [0.05, 0.1) is 17.6 Å². The van der Waals surface area contributed by atoms with Crippen LogP contribution < -0.4 is 0 Å². The highest BCUT2D eigenvalue weighted by molar-refractivity contribution is 7.80. The van der Waals surface area contributed by atoms with Gasteiger partial charge < -0.3 is 0 Å². The maximum Gasteiger partial charge on any atom is 0.458 e. The normalized spacial score (nSPS) is 12.6. The van der Waals surface area contributed by atoms with Crippen molar-refractivity contribution in [3.63, 3.8) is 0 Å². The molecule has 0 radical (unpaired) electrons. The van der Waals surface area contributed by atoms with E-state index in [1.54, 1.807) is 10.8 Å². The van der Waals surface area contributed by atoms with E-state index in [1.165, 1.54) is 35.2 Å². The van der Waals surface area contributed by atoms with Gasteiger partial charge in [-0.1, -0.05) is 60.7 Å². The number of thiocarbonyl (C=S) groups is 1. The maximum atomic E-state index is 13.7. The molecular weight excluding hydrogens is 541 g/mol. The van der Waals surface area contributed by atoms with Gasteiger partial charge in [-0.15, -0.1) is 0 Å². The van der Waals surface area contributed by atoms with E-state index in [1.807, 2.05) is 36.4 Å². The van der Waals surface area contributed by atoms with Crippen LogP contribution in [0.15, 0.2) is 84.1 Å². The van der Waals surface area contributed by atoms with E-state index in [-0.39, 0.29) is 0 Å². The Hall–Kier alpha value is -3.98. The molecule has 0 unspecified atom stereocenters. The molecule has 0 saturated carbocycles. The van der Waals surface area contributed by atoms with Gasteiger partial charge in [-0.25, -0.2) is 4.98 Å². The van der Waals surface area contributed by atoms with Gasteiger partial charge in [-0.05, 0) is 65.8 Å². The van der Waals surface area contributed by atoms with Crippen LogP contribution >= 0.6 is 12.2 Å². The van der Waals surface area contributed by atoms with Gasteiger partial charge in [0.1, 0.15) is 6.33 Å². The van der Waals surface area contributed by atoms with Crippen LogP contribution in [0.3, 0.4) is 0 Å². The Morgan fingerprint density at radius 1 is 0.925 bits per heavy atom. The first-order chi connectivity index (χ1) is 19.0. The van der Waals surface area contributed by atoms with Gasteiger partial charge in [0.2, 0.25) is 0 Å². The SMILES string of the molecule is Cc1cccc(C)c1CC(=S)CN=Cc1ccc2c(ccc3c2ncn3-c2ccc(C(F)(F)C(F)(F)F)cc2)c1. The number of nitrogens with zero attached hydrogens (tertiary/aromatic N) is 3. The molecule has 5 aromatic rings. The Morgan fingerprint density at radius 3 is 2.30 bits per heavy atom.